The topological polar surface area (TPSA) is 61.6 Å². The van der Waals surface area contributed by atoms with E-state index in [9.17, 15) is 4.39 Å². The largest absolute Gasteiger partial charge is 0.378 e. The highest BCUT2D eigenvalue weighted by Crippen LogP contribution is 2.29. The normalized spacial score (nSPS) is 21.1. The number of hydrogen-bond donors (Lipinski definition) is 0. The van der Waals surface area contributed by atoms with Crippen molar-refractivity contribution in [1.82, 2.24) is 14.8 Å². The van der Waals surface area contributed by atoms with E-state index in [1.54, 1.807) is 17.8 Å². The summed E-state index contributed by atoms with van der Waals surface area (Å²) in [7, 11) is 0. The van der Waals surface area contributed by atoms with E-state index in [4.69, 9.17) is 14.2 Å². The first-order chi connectivity index (χ1) is 12.8. The Labute approximate surface area is 155 Å². The molecule has 26 heavy (non-hydrogen) atoms. The second-order valence-electron chi connectivity index (χ2n) is 6.11. The summed E-state index contributed by atoms with van der Waals surface area (Å²) in [6, 6.07) is 6.50. The van der Waals surface area contributed by atoms with Gasteiger partial charge in [0.25, 0.3) is 0 Å². The Balaban J connectivity index is 1.61. The molecule has 2 aliphatic rings. The number of hydrogen-bond acceptors (Lipinski definition) is 7. The van der Waals surface area contributed by atoms with E-state index >= 15 is 0 Å². The molecule has 4 rings (SSSR count). The van der Waals surface area contributed by atoms with E-state index in [2.05, 4.69) is 15.1 Å². The molecule has 3 heterocycles. The lowest BCUT2D eigenvalue weighted by Crippen LogP contribution is -2.37. The predicted octanol–water partition coefficient (Wildman–Crippen LogP) is 2.10. The minimum Gasteiger partial charge on any atom is -0.378 e. The lowest BCUT2D eigenvalue weighted by molar-refractivity contribution is -0.130. The van der Waals surface area contributed by atoms with Crippen LogP contribution in [0.15, 0.2) is 29.4 Å². The third-order valence-electron chi connectivity index (χ3n) is 4.35. The number of halogens is 1. The maximum atomic E-state index is 13.8. The minimum absolute atomic E-state index is 0.123. The zero-order valence-electron chi connectivity index (χ0n) is 14.3. The van der Waals surface area contributed by atoms with Gasteiger partial charge in [-0.25, -0.2) is 4.39 Å². The van der Waals surface area contributed by atoms with Gasteiger partial charge in [-0.05, 0) is 24.6 Å². The van der Waals surface area contributed by atoms with Crippen LogP contribution in [-0.4, -0.2) is 66.3 Å². The lowest BCUT2D eigenvalue weighted by Gasteiger charge is -2.28. The van der Waals surface area contributed by atoms with E-state index in [1.807, 2.05) is 10.6 Å². The van der Waals surface area contributed by atoms with Crippen molar-refractivity contribution in [2.75, 3.05) is 50.4 Å². The molecule has 140 valence electrons. The van der Waals surface area contributed by atoms with E-state index in [0.29, 0.717) is 38.2 Å². The number of thioether (sulfide) groups is 1. The molecule has 2 aliphatic heterocycles. The fraction of sp³-hybridized carbons (Fsp3) is 0.529. The van der Waals surface area contributed by atoms with Gasteiger partial charge in [-0.15, -0.1) is 10.2 Å². The van der Waals surface area contributed by atoms with Crippen LogP contribution < -0.4 is 4.90 Å². The molecule has 0 unspecified atom stereocenters. The molecule has 1 aromatic heterocycles. The van der Waals surface area contributed by atoms with E-state index < -0.39 is 0 Å². The number of aromatic nitrogens is 3. The first-order valence-corrected chi connectivity index (χ1v) is 9.66. The van der Waals surface area contributed by atoms with Gasteiger partial charge in [-0.1, -0.05) is 17.8 Å². The Morgan fingerprint density at radius 3 is 2.81 bits per heavy atom. The summed E-state index contributed by atoms with van der Waals surface area (Å²) in [6.45, 7) is 3.81. The maximum Gasteiger partial charge on any atom is 0.232 e. The van der Waals surface area contributed by atoms with Crippen molar-refractivity contribution in [3.05, 3.63) is 30.1 Å². The monoisotopic (exact) mass is 380 g/mol. The zero-order valence-corrected chi connectivity index (χ0v) is 15.2. The molecule has 0 radical (unpaired) electrons. The lowest BCUT2D eigenvalue weighted by atomic mass is 10.3. The van der Waals surface area contributed by atoms with Crippen LogP contribution in [0.2, 0.25) is 0 Å². The molecule has 2 saturated heterocycles. The summed E-state index contributed by atoms with van der Waals surface area (Å²) in [4.78, 5) is 2.12. The van der Waals surface area contributed by atoms with Gasteiger partial charge in [0, 0.05) is 18.8 Å². The van der Waals surface area contributed by atoms with Gasteiger partial charge in [0.2, 0.25) is 5.95 Å². The smallest absolute Gasteiger partial charge is 0.232 e. The summed E-state index contributed by atoms with van der Waals surface area (Å²) < 4.78 is 32.0. The first-order valence-electron chi connectivity index (χ1n) is 8.67. The minimum atomic E-state index is -0.284. The van der Waals surface area contributed by atoms with Gasteiger partial charge in [0.15, 0.2) is 5.16 Å². The Kier molecular flexibility index (Phi) is 5.68. The number of rotatable bonds is 5. The van der Waals surface area contributed by atoms with E-state index in [0.717, 1.165) is 30.4 Å². The number of ether oxygens (including phenoxy) is 3. The second kappa shape index (κ2) is 8.34. The van der Waals surface area contributed by atoms with Gasteiger partial charge in [0.05, 0.1) is 31.6 Å². The molecule has 0 amide bonds. The van der Waals surface area contributed by atoms with Crippen molar-refractivity contribution in [2.24, 2.45) is 0 Å². The third-order valence-corrected chi connectivity index (χ3v) is 5.41. The molecular formula is C17H21FN4O3S. The SMILES string of the molecule is Fc1cccc(-n2c(SC[C@H]3CCOCO3)nnc2N2CCOCC2)c1. The summed E-state index contributed by atoms with van der Waals surface area (Å²) in [5, 5.41) is 9.48. The summed E-state index contributed by atoms with van der Waals surface area (Å²) >= 11 is 1.57. The predicted molar refractivity (Wildman–Crippen MR) is 95.4 cm³/mol. The van der Waals surface area contributed by atoms with Crippen molar-refractivity contribution in [3.8, 4) is 5.69 Å². The Hall–Kier alpha value is -1.68. The highest BCUT2D eigenvalue weighted by Gasteiger charge is 2.23. The number of benzene rings is 1. The van der Waals surface area contributed by atoms with Gasteiger partial charge >= 0.3 is 0 Å². The maximum absolute atomic E-state index is 13.8. The van der Waals surface area contributed by atoms with Crippen LogP contribution in [0.1, 0.15) is 6.42 Å². The second-order valence-corrected chi connectivity index (χ2v) is 7.10. The molecule has 0 N–H and O–H groups in total. The summed E-state index contributed by atoms with van der Waals surface area (Å²) in [6.07, 6.45) is 0.982. The highest BCUT2D eigenvalue weighted by atomic mass is 32.2. The van der Waals surface area contributed by atoms with E-state index in [-0.39, 0.29) is 11.9 Å². The Bertz CT molecular complexity index is 733. The molecule has 0 aliphatic carbocycles. The first kappa shape index (κ1) is 17.7. The zero-order chi connectivity index (χ0) is 17.8. The third kappa shape index (κ3) is 4.01. The van der Waals surface area contributed by atoms with Gasteiger partial charge in [-0.3, -0.25) is 4.57 Å². The number of anilines is 1. The molecule has 0 spiro atoms. The summed E-state index contributed by atoms with van der Waals surface area (Å²) in [5.74, 6) is 1.18. The molecule has 1 aromatic carbocycles. The highest BCUT2D eigenvalue weighted by molar-refractivity contribution is 7.99. The molecule has 0 saturated carbocycles. The van der Waals surface area contributed by atoms with Crippen molar-refractivity contribution in [3.63, 3.8) is 0 Å². The van der Waals surface area contributed by atoms with Gasteiger partial charge in [0.1, 0.15) is 12.6 Å². The molecule has 0 bridgehead atoms. The average Bonchev–Trinajstić information content (AvgIpc) is 3.12. The van der Waals surface area contributed by atoms with Crippen LogP contribution in [0.25, 0.3) is 5.69 Å². The average molecular weight is 380 g/mol. The number of nitrogens with zero attached hydrogens (tertiary/aromatic N) is 4. The van der Waals surface area contributed by atoms with Crippen LogP contribution in [0.5, 0.6) is 0 Å². The van der Waals surface area contributed by atoms with Crippen LogP contribution >= 0.6 is 11.8 Å². The number of morpholine rings is 1. The molecule has 7 nitrogen and oxygen atoms in total. The van der Waals surface area contributed by atoms with Crippen molar-refractivity contribution >= 4 is 17.7 Å². The molecular weight excluding hydrogens is 359 g/mol. The molecule has 2 fully saturated rings. The van der Waals surface area contributed by atoms with Crippen LogP contribution in [0, 0.1) is 5.82 Å². The van der Waals surface area contributed by atoms with Crippen LogP contribution in [-0.2, 0) is 14.2 Å². The molecule has 1 atom stereocenters. The Morgan fingerprint density at radius 2 is 2.04 bits per heavy atom. The standard InChI is InChI=1S/C17H21FN4O3S/c18-13-2-1-3-14(10-13)22-16(21-5-8-23-9-6-21)19-20-17(22)26-11-15-4-7-24-12-25-15/h1-3,10,15H,4-9,11-12H2/t15-/m1/s1. The Morgan fingerprint density at radius 1 is 1.15 bits per heavy atom. The van der Waals surface area contributed by atoms with Crippen molar-refractivity contribution in [2.45, 2.75) is 17.7 Å². The van der Waals surface area contributed by atoms with E-state index in [1.165, 1.54) is 12.1 Å². The van der Waals surface area contributed by atoms with Crippen LogP contribution in [0.4, 0.5) is 10.3 Å². The fourth-order valence-electron chi connectivity index (χ4n) is 2.97. The van der Waals surface area contributed by atoms with Crippen molar-refractivity contribution < 1.29 is 18.6 Å². The molecule has 2 aromatic rings. The van der Waals surface area contributed by atoms with Gasteiger partial charge in [-0.2, -0.15) is 0 Å². The molecule has 9 heteroatoms. The quantitative estimate of drug-likeness (QED) is 0.736. The summed E-state index contributed by atoms with van der Waals surface area (Å²) in [5.41, 5.74) is 0.715. The van der Waals surface area contributed by atoms with Crippen LogP contribution in [0.3, 0.4) is 0 Å². The fourth-order valence-corrected chi connectivity index (χ4v) is 3.98. The van der Waals surface area contributed by atoms with Crippen molar-refractivity contribution in [1.29, 1.82) is 0 Å². The van der Waals surface area contributed by atoms with Gasteiger partial charge < -0.3 is 19.1 Å².